The number of anilines is 1. The predicted octanol–water partition coefficient (Wildman–Crippen LogP) is 4.00. The van der Waals surface area contributed by atoms with Gasteiger partial charge in [-0.25, -0.2) is 9.78 Å². The summed E-state index contributed by atoms with van der Waals surface area (Å²) in [6.45, 7) is 0.0840. The number of thioether (sulfide) groups is 1. The highest BCUT2D eigenvalue weighted by Crippen LogP contribution is 2.35. The van der Waals surface area contributed by atoms with Crippen molar-refractivity contribution in [3.63, 3.8) is 0 Å². The van der Waals surface area contributed by atoms with E-state index < -0.39 is 17.9 Å². The highest BCUT2D eigenvalue weighted by molar-refractivity contribution is 7.98. The van der Waals surface area contributed by atoms with Gasteiger partial charge in [0.2, 0.25) is 0 Å². The van der Waals surface area contributed by atoms with E-state index in [1.165, 1.54) is 23.1 Å². The van der Waals surface area contributed by atoms with E-state index in [1.807, 2.05) is 30.5 Å². The number of thiazole rings is 1. The zero-order chi connectivity index (χ0) is 23.5. The first-order chi connectivity index (χ1) is 15.9. The Bertz CT molecular complexity index is 1240. The minimum absolute atomic E-state index is 0.0388. The van der Waals surface area contributed by atoms with Gasteiger partial charge in [-0.3, -0.25) is 10.2 Å². The molecule has 1 unspecified atom stereocenters. The van der Waals surface area contributed by atoms with Crippen LogP contribution in [0.5, 0.6) is 0 Å². The molecule has 1 atom stereocenters. The van der Waals surface area contributed by atoms with E-state index in [9.17, 15) is 19.8 Å². The number of carbonyl (C=O) groups is 2. The topological polar surface area (TPSA) is 127 Å². The lowest BCUT2D eigenvalue weighted by molar-refractivity contribution is -0.139. The van der Waals surface area contributed by atoms with Crippen LogP contribution in [0.4, 0.5) is 5.69 Å². The number of carboxylic acids is 1. The van der Waals surface area contributed by atoms with E-state index in [4.69, 9.17) is 5.41 Å². The molecule has 3 aromatic rings. The molecular weight excluding hydrogens is 460 g/mol. The molecule has 0 saturated heterocycles. The Morgan fingerprint density at radius 1 is 1.27 bits per heavy atom. The Labute approximate surface area is 198 Å². The minimum atomic E-state index is -1.08. The molecular formula is C23H22N4O4S2. The lowest BCUT2D eigenvalue weighted by Crippen LogP contribution is -2.41. The van der Waals surface area contributed by atoms with Gasteiger partial charge in [0, 0.05) is 11.3 Å². The lowest BCUT2D eigenvalue weighted by Gasteiger charge is -2.20. The molecule has 0 fully saturated rings. The number of para-hydroxylation sites is 1. The molecule has 0 bridgehead atoms. The maximum atomic E-state index is 12.7. The maximum absolute atomic E-state index is 12.7. The predicted molar refractivity (Wildman–Crippen MR) is 133 cm³/mol. The second-order valence-corrected chi connectivity index (χ2v) is 9.46. The third kappa shape index (κ3) is 4.71. The molecule has 8 nitrogen and oxygen atoms in total. The van der Waals surface area contributed by atoms with Crippen molar-refractivity contribution in [3.05, 3.63) is 64.9 Å². The van der Waals surface area contributed by atoms with Crippen molar-refractivity contribution in [1.29, 1.82) is 5.41 Å². The molecule has 10 heteroatoms. The quantitative estimate of drug-likeness (QED) is 0.382. The summed E-state index contributed by atoms with van der Waals surface area (Å²) in [5.74, 6) is -0.838. The number of amidine groups is 1. The van der Waals surface area contributed by atoms with Crippen molar-refractivity contribution in [3.8, 4) is 0 Å². The molecule has 170 valence electrons. The number of carbonyl (C=O) groups excluding carboxylic acids is 1. The summed E-state index contributed by atoms with van der Waals surface area (Å²) < 4.78 is 0.965. The number of aliphatic hydroxyl groups excluding tert-OH is 1. The average molecular weight is 483 g/mol. The van der Waals surface area contributed by atoms with Crippen LogP contribution in [0.3, 0.4) is 0 Å². The first-order valence-electron chi connectivity index (χ1n) is 10.2. The summed E-state index contributed by atoms with van der Waals surface area (Å²) in [4.78, 5) is 30.3. The summed E-state index contributed by atoms with van der Waals surface area (Å²) in [6.07, 6.45) is 2.20. The Kier molecular flexibility index (Phi) is 6.66. The highest BCUT2D eigenvalue weighted by atomic mass is 32.2. The van der Waals surface area contributed by atoms with Crippen molar-refractivity contribution in [2.24, 2.45) is 0 Å². The fourth-order valence-electron chi connectivity index (χ4n) is 3.55. The molecule has 33 heavy (non-hydrogen) atoms. The van der Waals surface area contributed by atoms with Crippen LogP contribution in [0.1, 0.15) is 21.8 Å². The molecule has 1 amide bonds. The number of amides is 1. The van der Waals surface area contributed by atoms with Crippen LogP contribution in [0.25, 0.3) is 15.8 Å². The number of aliphatic hydroxyl groups is 1. The molecule has 0 spiro atoms. The van der Waals surface area contributed by atoms with E-state index in [2.05, 4.69) is 10.3 Å². The highest BCUT2D eigenvalue weighted by Gasteiger charge is 2.32. The molecule has 0 saturated carbocycles. The van der Waals surface area contributed by atoms with Crippen molar-refractivity contribution in [2.45, 2.75) is 12.5 Å². The number of nitrogens with one attached hydrogen (secondary N) is 2. The maximum Gasteiger partial charge on any atom is 0.326 e. The number of benzene rings is 2. The minimum Gasteiger partial charge on any atom is -0.510 e. The molecule has 2 heterocycles. The Morgan fingerprint density at radius 2 is 2.06 bits per heavy atom. The third-order valence-corrected chi connectivity index (χ3v) is 6.94. The van der Waals surface area contributed by atoms with Gasteiger partial charge in [0.25, 0.3) is 5.91 Å². The summed E-state index contributed by atoms with van der Waals surface area (Å²) in [7, 11) is 0. The summed E-state index contributed by atoms with van der Waals surface area (Å²) in [6, 6.07) is 13.2. The second kappa shape index (κ2) is 9.63. The van der Waals surface area contributed by atoms with E-state index >= 15 is 0 Å². The van der Waals surface area contributed by atoms with Gasteiger partial charge in [0.15, 0.2) is 0 Å². The molecule has 1 aliphatic heterocycles. The van der Waals surface area contributed by atoms with Gasteiger partial charge in [-0.1, -0.05) is 18.2 Å². The zero-order valence-corrected chi connectivity index (χ0v) is 19.4. The normalized spacial score (nSPS) is 14.7. The van der Waals surface area contributed by atoms with Crippen molar-refractivity contribution in [2.75, 3.05) is 23.5 Å². The van der Waals surface area contributed by atoms with Crippen molar-refractivity contribution in [1.82, 2.24) is 10.3 Å². The van der Waals surface area contributed by atoms with Crippen molar-refractivity contribution < 1.29 is 19.8 Å². The molecule has 1 aromatic heterocycles. The monoisotopic (exact) mass is 482 g/mol. The summed E-state index contributed by atoms with van der Waals surface area (Å²) in [5.41, 5.74) is 2.00. The van der Waals surface area contributed by atoms with Gasteiger partial charge in [-0.15, -0.1) is 11.3 Å². The SMILES string of the molecule is CSCCC(NC(=O)c1cccc(N2CC(O)=C(c3nc4ccccc4s3)C2=N)c1)C(=O)O. The van der Waals surface area contributed by atoms with E-state index in [0.29, 0.717) is 28.4 Å². The van der Waals surface area contributed by atoms with Crippen molar-refractivity contribution >= 4 is 62.3 Å². The standard InChI is InChI=1S/C23H22N4O4S2/c1-32-10-9-16(23(30)31)25-21(29)13-5-4-6-14(11-13)27-12-17(28)19(20(27)24)22-26-15-7-2-3-8-18(15)33-22/h2-8,11,16,24,28H,9-10,12H2,1H3,(H,25,29)(H,30,31). The summed E-state index contributed by atoms with van der Waals surface area (Å²) in [5, 5.41) is 31.8. The first kappa shape index (κ1) is 22.8. The van der Waals surface area contributed by atoms with Gasteiger partial charge in [0.1, 0.15) is 22.6 Å². The average Bonchev–Trinajstić information content (AvgIpc) is 3.36. The number of hydrogen-bond donors (Lipinski definition) is 4. The number of nitrogens with zero attached hydrogens (tertiary/aromatic N) is 2. The molecule has 4 N–H and O–H groups in total. The van der Waals surface area contributed by atoms with E-state index in [0.717, 1.165) is 10.2 Å². The molecule has 2 aromatic carbocycles. The number of aromatic nitrogens is 1. The number of rotatable bonds is 8. The molecule has 0 radical (unpaired) electrons. The van der Waals surface area contributed by atoms with Gasteiger partial charge in [0.05, 0.1) is 22.3 Å². The van der Waals surface area contributed by atoms with Gasteiger partial charge in [-0.2, -0.15) is 11.8 Å². The molecule has 1 aliphatic rings. The number of fused-ring (bicyclic) bond motifs is 1. The number of carboxylic acid groups (broad SMARTS) is 1. The fourth-order valence-corrected chi connectivity index (χ4v) is 5.06. The second-order valence-electron chi connectivity index (χ2n) is 7.44. The Morgan fingerprint density at radius 3 is 2.79 bits per heavy atom. The summed E-state index contributed by atoms with van der Waals surface area (Å²) >= 11 is 2.92. The van der Waals surface area contributed by atoms with Crippen LogP contribution in [0.15, 0.2) is 54.3 Å². The Balaban J connectivity index is 1.54. The van der Waals surface area contributed by atoms with Crippen LogP contribution in [0.2, 0.25) is 0 Å². The van der Waals surface area contributed by atoms with Gasteiger partial charge >= 0.3 is 5.97 Å². The third-order valence-electron chi connectivity index (χ3n) is 5.25. The van der Waals surface area contributed by atoms with E-state index in [-0.39, 0.29) is 23.7 Å². The number of aliphatic carboxylic acids is 1. The van der Waals surface area contributed by atoms with Crippen LogP contribution >= 0.6 is 23.1 Å². The van der Waals surface area contributed by atoms with Crippen LogP contribution < -0.4 is 10.2 Å². The van der Waals surface area contributed by atoms with Gasteiger partial charge < -0.3 is 20.4 Å². The molecule has 4 rings (SSSR count). The number of hydrogen-bond acceptors (Lipinski definition) is 7. The Hall–Kier alpha value is -3.37. The van der Waals surface area contributed by atoms with Crippen LogP contribution in [-0.4, -0.2) is 57.5 Å². The van der Waals surface area contributed by atoms with E-state index in [1.54, 1.807) is 29.2 Å². The van der Waals surface area contributed by atoms with Gasteiger partial charge in [-0.05, 0) is 48.8 Å². The smallest absolute Gasteiger partial charge is 0.326 e. The first-order valence-corrected chi connectivity index (χ1v) is 12.4. The fraction of sp³-hybridized carbons (Fsp3) is 0.217. The zero-order valence-electron chi connectivity index (χ0n) is 17.7. The molecule has 0 aliphatic carbocycles. The lowest BCUT2D eigenvalue weighted by atomic mass is 10.1. The largest absolute Gasteiger partial charge is 0.510 e. The van der Waals surface area contributed by atoms with Crippen LogP contribution in [-0.2, 0) is 4.79 Å². The van der Waals surface area contributed by atoms with Crippen LogP contribution in [0, 0.1) is 5.41 Å².